The minimum atomic E-state index is -0.955. The van der Waals surface area contributed by atoms with Crippen LogP contribution in [0.3, 0.4) is 0 Å². The first-order valence-electron chi connectivity index (χ1n) is 13.9. The average molecular weight is 575 g/mol. The van der Waals surface area contributed by atoms with Crippen LogP contribution in [0.2, 0.25) is 0 Å². The lowest BCUT2D eigenvalue weighted by atomic mass is 9.98. The Morgan fingerprint density at radius 3 is 1.40 bits per heavy atom. The van der Waals surface area contributed by atoms with Crippen molar-refractivity contribution in [2.75, 3.05) is 92.1 Å². The molecule has 1 heterocycles. The number of likely N-dealkylation sites (N-methyl/N-ethyl adjacent to an activating group) is 1. The van der Waals surface area contributed by atoms with Crippen LogP contribution in [-0.2, 0) is 24.0 Å². The molecular formula is C26H50N6O8. The molecule has 0 aromatic rings. The number of Topliss-reactive ketones (excluding diaryl/α,β-unsaturated/α-hetero) is 1. The van der Waals surface area contributed by atoms with Crippen LogP contribution < -0.4 is 10.6 Å². The molecule has 1 fully saturated rings. The highest BCUT2D eigenvalue weighted by Gasteiger charge is 2.20. The molecule has 14 heteroatoms. The second-order valence-corrected chi connectivity index (χ2v) is 10.1. The fourth-order valence-corrected chi connectivity index (χ4v) is 4.22. The molecule has 1 unspecified atom stereocenters. The van der Waals surface area contributed by atoms with Gasteiger partial charge in [-0.05, 0) is 33.0 Å². The number of ketones is 1. The lowest BCUT2D eigenvalue weighted by Crippen LogP contribution is -2.48. The number of aliphatic carboxylic acids is 3. The van der Waals surface area contributed by atoms with Crippen molar-refractivity contribution >= 4 is 30.1 Å². The van der Waals surface area contributed by atoms with Gasteiger partial charge < -0.3 is 30.9 Å². The second-order valence-electron chi connectivity index (χ2n) is 10.1. The molecule has 14 nitrogen and oxygen atoms in total. The van der Waals surface area contributed by atoms with Crippen molar-refractivity contribution in [1.29, 1.82) is 0 Å². The molecule has 1 aliphatic rings. The van der Waals surface area contributed by atoms with E-state index in [1.807, 2.05) is 37.6 Å². The SMILES string of the molecule is CCN1CCN(CC(=O)O)CCN(CC(=O)O)CCN(CC(=O)O)CC1.CNCCCC(NC=O)C(=O)C(C)C. The normalized spacial score (nSPS) is 17.5. The third-order valence-electron chi connectivity index (χ3n) is 6.55. The van der Waals surface area contributed by atoms with Gasteiger partial charge in [-0.25, -0.2) is 0 Å². The van der Waals surface area contributed by atoms with Gasteiger partial charge in [-0.15, -0.1) is 0 Å². The molecule has 0 aromatic heterocycles. The molecule has 0 radical (unpaired) electrons. The Labute approximate surface area is 237 Å². The first kappa shape index (κ1) is 37.4. The van der Waals surface area contributed by atoms with Gasteiger partial charge in [-0.2, -0.15) is 0 Å². The van der Waals surface area contributed by atoms with Crippen molar-refractivity contribution in [2.24, 2.45) is 5.92 Å². The van der Waals surface area contributed by atoms with Crippen molar-refractivity contribution in [3.63, 3.8) is 0 Å². The van der Waals surface area contributed by atoms with E-state index in [9.17, 15) is 24.0 Å². The first-order chi connectivity index (χ1) is 18.9. The lowest BCUT2D eigenvalue weighted by Gasteiger charge is -2.32. The molecule has 5 N–H and O–H groups in total. The van der Waals surface area contributed by atoms with Crippen LogP contribution in [-0.4, -0.2) is 163 Å². The number of carbonyl (C=O) groups is 5. The quantitative estimate of drug-likeness (QED) is 0.116. The van der Waals surface area contributed by atoms with Gasteiger partial charge in [0, 0.05) is 58.3 Å². The molecular weight excluding hydrogens is 524 g/mol. The highest BCUT2D eigenvalue weighted by Crippen LogP contribution is 2.05. The van der Waals surface area contributed by atoms with E-state index in [2.05, 4.69) is 15.5 Å². The zero-order valence-electron chi connectivity index (χ0n) is 24.5. The molecule has 0 saturated carbocycles. The number of rotatable bonds is 15. The van der Waals surface area contributed by atoms with Crippen LogP contribution in [0.1, 0.15) is 33.6 Å². The summed E-state index contributed by atoms with van der Waals surface area (Å²) < 4.78 is 0. The van der Waals surface area contributed by atoms with Gasteiger partial charge in [-0.3, -0.25) is 38.7 Å². The van der Waals surface area contributed by atoms with E-state index in [1.165, 1.54) is 0 Å². The zero-order chi connectivity index (χ0) is 30.5. The molecule has 40 heavy (non-hydrogen) atoms. The highest BCUT2D eigenvalue weighted by molar-refractivity contribution is 5.87. The van der Waals surface area contributed by atoms with Crippen LogP contribution in [0, 0.1) is 5.92 Å². The summed E-state index contributed by atoms with van der Waals surface area (Å²) in [6.07, 6.45) is 2.20. The van der Waals surface area contributed by atoms with Crippen LogP contribution >= 0.6 is 0 Å². The number of hydrogen-bond acceptors (Lipinski definition) is 10. The minimum Gasteiger partial charge on any atom is -0.480 e. The fourth-order valence-electron chi connectivity index (χ4n) is 4.22. The maximum Gasteiger partial charge on any atom is 0.317 e. The van der Waals surface area contributed by atoms with Gasteiger partial charge in [0.2, 0.25) is 6.41 Å². The van der Waals surface area contributed by atoms with Gasteiger partial charge in [0.15, 0.2) is 5.78 Å². The Kier molecular flexibility index (Phi) is 20.6. The summed E-state index contributed by atoms with van der Waals surface area (Å²) in [5.74, 6) is -2.69. The number of nitrogens with zero attached hydrogens (tertiary/aromatic N) is 4. The van der Waals surface area contributed by atoms with Crippen LogP contribution in [0.25, 0.3) is 0 Å². The molecule has 0 aliphatic carbocycles. The molecule has 1 rings (SSSR count). The van der Waals surface area contributed by atoms with E-state index >= 15 is 0 Å². The number of carboxylic acid groups (broad SMARTS) is 3. The van der Waals surface area contributed by atoms with Crippen molar-refractivity contribution in [3.8, 4) is 0 Å². The summed E-state index contributed by atoms with van der Waals surface area (Å²) in [6, 6.07) is -0.319. The molecule has 0 aromatic carbocycles. The molecule has 232 valence electrons. The lowest BCUT2D eigenvalue weighted by molar-refractivity contribution is -0.140. The van der Waals surface area contributed by atoms with Gasteiger partial charge in [0.1, 0.15) is 0 Å². The van der Waals surface area contributed by atoms with Gasteiger partial charge in [0.05, 0.1) is 25.7 Å². The molecule has 1 amide bonds. The Morgan fingerprint density at radius 2 is 1.12 bits per heavy atom. The monoisotopic (exact) mass is 574 g/mol. The highest BCUT2D eigenvalue weighted by atomic mass is 16.4. The standard InChI is InChI=1S/C16H30N4O6.C10H20N2O2/c1-2-17-3-5-18(11-14(21)22)7-9-20(13-16(25)26)10-8-19(6-4-17)12-15(23)24;1-8(2)10(14)9(12-7-13)5-4-6-11-3/h2-13H2,1H3,(H,21,22)(H,23,24)(H,25,26);7-9,11H,4-6H2,1-3H3,(H,12,13). The Morgan fingerprint density at radius 1 is 0.750 bits per heavy atom. The van der Waals surface area contributed by atoms with Gasteiger partial charge in [-0.1, -0.05) is 20.8 Å². The number of amides is 1. The maximum atomic E-state index is 11.6. The van der Waals surface area contributed by atoms with E-state index in [4.69, 9.17) is 15.3 Å². The van der Waals surface area contributed by atoms with Crippen molar-refractivity contribution in [3.05, 3.63) is 0 Å². The number of carboxylic acids is 3. The number of hydrogen-bond donors (Lipinski definition) is 5. The summed E-state index contributed by atoms with van der Waals surface area (Å²) in [7, 11) is 1.87. The van der Waals surface area contributed by atoms with E-state index in [0.717, 1.165) is 19.5 Å². The molecule has 1 atom stereocenters. The summed E-state index contributed by atoms with van der Waals surface area (Å²) in [6.45, 7) is 11.3. The van der Waals surface area contributed by atoms with E-state index in [0.29, 0.717) is 65.2 Å². The van der Waals surface area contributed by atoms with Crippen molar-refractivity contribution < 1.29 is 39.3 Å². The number of carbonyl (C=O) groups excluding carboxylic acids is 2. The minimum absolute atomic E-state index is 0.0259. The van der Waals surface area contributed by atoms with Crippen LogP contribution in [0.5, 0.6) is 0 Å². The molecule has 1 aliphatic heterocycles. The fraction of sp³-hybridized carbons (Fsp3) is 0.808. The summed E-state index contributed by atoms with van der Waals surface area (Å²) in [5.41, 5.74) is 0. The predicted octanol–water partition coefficient (Wildman–Crippen LogP) is -1.19. The maximum absolute atomic E-state index is 11.6. The van der Waals surface area contributed by atoms with Crippen molar-refractivity contribution in [1.82, 2.24) is 30.2 Å². The molecule has 0 spiro atoms. The molecule has 1 saturated heterocycles. The van der Waals surface area contributed by atoms with E-state index < -0.39 is 17.9 Å². The van der Waals surface area contributed by atoms with Gasteiger partial charge >= 0.3 is 17.9 Å². The average Bonchev–Trinajstić information content (AvgIpc) is 2.87. The summed E-state index contributed by atoms with van der Waals surface area (Å²) in [4.78, 5) is 62.6. The summed E-state index contributed by atoms with van der Waals surface area (Å²) >= 11 is 0. The smallest absolute Gasteiger partial charge is 0.317 e. The topological polar surface area (TPSA) is 183 Å². The Hall–Kier alpha value is -2.65. The molecule has 0 bridgehead atoms. The van der Waals surface area contributed by atoms with Gasteiger partial charge in [0.25, 0.3) is 0 Å². The van der Waals surface area contributed by atoms with Crippen molar-refractivity contribution in [2.45, 2.75) is 39.7 Å². The Bertz CT molecular complexity index is 737. The largest absolute Gasteiger partial charge is 0.480 e. The van der Waals surface area contributed by atoms with E-state index in [1.54, 1.807) is 4.90 Å². The van der Waals surface area contributed by atoms with Crippen LogP contribution in [0.15, 0.2) is 0 Å². The number of nitrogens with one attached hydrogen (secondary N) is 2. The summed E-state index contributed by atoms with van der Waals surface area (Å²) in [5, 5.41) is 32.8. The predicted molar refractivity (Wildman–Crippen MR) is 150 cm³/mol. The zero-order valence-corrected chi connectivity index (χ0v) is 24.5. The van der Waals surface area contributed by atoms with Crippen LogP contribution in [0.4, 0.5) is 0 Å². The third-order valence-corrected chi connectivity index (χ3v) is 6.55. The Balaban J connectivity index is 0.000000919. The third kappa shape index (κ3) is 18.6. The van der Waals surface area contributed by atoms with E-state index in [-0.39, 0.29) is 37.4 Å². The first-order valence-corrected chi connectivity index (χ1v) is 13.9. The second kappa shape index (κ2) is 22.1.